The van der Waals surface area contributed by atoms with Crippen molar-refractivity contribution >= 4 is 11.8 Å². The summed E-state index contributed by atoms with van der Waals surface area (Å²) in [6, 6.07) is 0.882. The van der Waals surface area contributed by atoms with Crippen LogP contribution < -0.4 is 0 Å². The third-order valence-corrected chi connectivity index (χ3v) is 5.22. The third kappa shape index (κ3) is 3.38. The molecule has 0 aromatic heterocycles. The number of hydrogen-bond acceptors (Lipinski definition) is 3. The zero-order valence-electron chi connectivity index (χ0n) is 10.8. The average molecular weight is 242 g/mol. The van der Waals surface area contributed by atoms with Gasteiger partial charge >= 0.3 is 0 Å². The molecule has 2 atom stereocenters. The van der Waals surface area contributed by atoms with Crippen LogP contribution in [0.25, 0.3) is 0 Å². The minimum Gasteiger partial charge on any atom is -0.300 e. The van der Waals surface area contributed by atoms with Gasteiger partial charge in [0.25, 0.3) is 0 Å². The van der Waals surface area contributed by atoms with Crippen molar-refractivity contribution in [2.75, 3.05) is 39.0 Å². The largest absolute Gasteiger partial charge is 0.300 e. The van der Waals surface area contributed by atoms with Crippen LogP contribution in [-0.2, 0) is 0 Å². The van der Waals surface area contributed by atoms with Gasteiger partial charge in [-0.15, -0.1) is 0 Å². The molecular weight excluding hydrogens is 216 g/mol. The minimum atomic E-state index is 0.824. The molecule has 0 bridgehead atoms. The van der Waals surface area contributed by atoms with Gasteiger partial charge in [-0.1, -0.05) is 13.3 Å². The van der Waals surface area contributed by atoms with Crippen LogP contribution in [0.4, 0.5) is 0 Å². The molecule has 94 valence electrons. The van der Waals surface area contributed by atoms with Crippen molar-refractivity contribution in [2.24, 2.45) is 0 Å². The average Bonchev–Trinajstić information content (AvgIpc) is 2.35. The second kappa shape index (κ2) is 6.27. The maximum atomic E-state index is 2.72. The molecule has 2 saturated heterocycles. The van der Waals surface area contributed by atoms with Gasteiger partial charge in [-0.2, -0.15) is 11.8 Å². The zero-order valence-corrected chi connectivity index (χ0v) is 11.6. The van der Waals surface area contributed by atoms with Gasteiger partial charge in [0.15, 0.2) is 0 Å². The van der Waals surface area contributed by atoms with Crippen LogP contribution in [0.1, 0.15) is 32.6 Å². The number of piperazine rings is 1. The van der Waals surface area contributed by atoms with Gasteiger partial charge in [0.1, 0.15) is 0 Å². The van der Waals surface area contributed by atoms with E-state index >= 15 is 0 Å². The topological polar surface area (TPSA) is 6.48 Å². The maximum Gasteiger partial charge on any atom is 0.0223 e. The van der Waals surface area contributed by atoms with E-state index in [1.807, 2.05) is 11.8 Å². The highest BCUT2D eigenvalue weighted by Crippen LogP contribution is 2.21. The molecule has 0 aromatic rings. The number of hydrogen-bond donors (Lipinski definition) is 0. The Balaban J connectivity index is 1.72. The smallest absolute Gasteiger partial charge is 0.0223 e. The summed E-state index contributed by atoms with van der Waals surface area (Å²) in [5, 5.41) is 0.824. The monoisotopic (exact) mass is 242 g/mol. The van der Waals surface area contributed by atoms with E-state index in [-0.39, 0.29) is 0 Å². The van der Waals surface area contributed by atoms with Gasteiger partial charge in [0.2, 0.25) is 0 Å². The summed E-state index contributed by atoms with van der Waals surface area (Å²) in [6.07, 6.45) is 7.91. The molecule has 2 heterocycles. The van der Waals surface area contributed by atoms with Crippen molar-refractivity contribution in [3.63, 3.8) is 0 Å². The van der Waals surface area contributed by atoms with E-state index in [1.54, 1.807) is 0 Å². The molecule has 0 aromatic carbocycles. The molecule has 0 N–H and O–H groups in total. The maximum absolute atomic E-state index is 2.72. The summed E-state index contributed by atoms with van der Waals surface area (Å²) in [4.78, 5) is 5.41. The van der Waals surface area contributed by atoms with Gasteiger partial charge < -0.3 is 4.90 Å². The zero-order chi connectivity index (χ0) is 11.4. The van der Waals surface area contributed by atoms with Gasteiger partial charge in [-0.25, -0.2) is 0 Å². The molecule has 2 fully saturated rings. The number of piperidine rings is 1. The first-order valence-corrected chi connectivity index (χ1v) is 8.07. The fourth-order valence-corrected chi connectivity index (χ4v) is 3.25. The van der Waals surface area contributed by atoms with E-state index in [2.05, 4.69) is 23.0 Å². The van der Waals surface area contributed by atoms with E-state index in [1.165, 1.54) is 58.4 Å². The van der Waals surface area contributed by atoms with Gasteiger partial charge in [0, 0.05) is 30.9 Å². The third-order valence-electron chi connectivity index (χ3n) is 4.18. The van der Waals surface area contributed by atoms with E-state index in [9.17, 15) is 0 Å². The second-order valence-electron chi connectivity index (χ2n) is 5.32. The van der Waals surface area contributed by atoms with Crippen molar-refractivity contribution in [3.8, 4) is 0 Å². The standard InChI is InChI=1S/C13H26N2S/c1-12(16-2)6-8-14-9-10-15-7-4-3-5-13(15)11-14/h12-13H,3-11H2,1-2H3. The van der Waals surface area contributed by atoms with E-state index in [0.29, 0.717) is 0 Å². The SMILES string of the molecule is CSC(C)CCN1CCN2CCCCC2C1. The Bertz CT molecular complexity index is 210. The van der Waals surface area contributed by atoms with Crippen molar-refractivity contribution in [2.45, 2.75) is 43.9 Å². The first kappa shape index (κ1) is 12.7. The quantitative estimate of drug-likeness (QED) is 0.747. The highest BCUT2D eigenvalue weighted by Gasteiger charge is 2.28. The van der Waals surface area contributed by atoms with E-state index in [0.717, 1.165) is 11.3 Å². The van der Waals surface area contributed by atoms with Crippen molar-refractivity contribution in [3.05, 3.63) is 0 Å². The second-order valence-corrected chi connectivity index (χ2v) is 6.60. The molecule has 0 spiro atoms. The molecule has 2 rings (SSSR count). The Kier molecular flexibility index (Phi) is 4.98. The number of rotatable bonds is 4. The molecular formula is C13H26N2S. The highest BCUT2D eigenvalue weighted by atomic mass is 32.2. The van der Waals surface area contributed by atoms with E-state index < -0.39 is 0 Å². The van der Waals surface area contributed by atoms with Crippen LogP contribution >= 0.6 is 11.8 Å². The summed E-state index contributed by atoms with van der Waals surface area (Å²) < 4.78 is 0. The predicted molar refractivity (Wildman–Crippen MR) is 73.2 cm³/mol. The number of thioether (sulfide) groups is 1. The predicted octanol–water partition coefficient (Wildman–Crippen LogP) is 2.30. The van der Waals surface area contributed by atoms with E-state index in [4.69, 9.17) is 0 Å². The Morgan fingerprint density at radius 2 is 2.12 bits per heavy atom. The van der Waals surface area contributed by atoms with Crippen LogP contribution in [-0.4, -0.2) is 60.1 Å². The van der Waals surface area contributed by atoms with Crippen molar-refractivity contribution in [1.82, 2.24) is 9.80 Å². The summed E-state index contributed by atoms with van der Waals surface area (Å²) in [6.45, 7) is 8.98. The first-order valence-electron chi connectivity index (χ1n) is 6.79. The molecule has 0 radical (unpaired) electrons. The first-order chi connectivity index (χ1) is 7.79. The normalized spacial score (nSPS) is 30.0. The minimum absolute atomic E-state index is 0.824. The van der Waals surface area contributed by atoms with Crippen LogP contribution in [0.15, 0.2) is 0 Å². The Morgan fingerprint density at radius 3 is 2.94 bits per heavy atom. The van der Waals surface area contributed by atoms with Crippen LogP contribution in [0, 0.1) is 0 Å². The van der Waals surface area contributed by atoms with Crippen LogP contribution in [0.3, 0.4) is 0 Å². The van der Waals surface area contributed by atoms with Gasteiger partial charge in [-0.3, -0.25) is 4.90 Å². The summed E-state index contributed by atoms with van der Waals surface area (Å²) in [5.74, 6) is 0. The molecule has 16 heavy (non-hydrogen) atoms. The summed E-state index contributed by atoms with van der Waals surface area (Å²) in [5.41, 5.74) is 0. The summed E-state index contributed by atoms with van der Waals surface area (Å²) in [7, 11) is 0. The fraction of sp³-hybridized carbons (Fsp3) is 1.00. The molecule has 2 unspecified atom stereocenters. The molecule has 0 aliphatic carbocycles. The molecule has 2 aliphatic heterocycles. The lowest BCUT2D eigenvalue weighted by Gasteiger charge is -2.44. The Morgan fingerprint density at radius 1 is 1.25 bits per heavy atom. The molecule has 0 amide bonds. The van der Waals surface area contributed by atoms with Crippen molar-refractivity contribution in [1.29, 1.82) is 0 Å². The number of fused-ring (bicyclic) bond motifs is 1. The lowest BCUT2D eigenvalue weighted by atomic mass is 9.99. The highest BCUT2D eigenvalue weighted by molar-refractivity contribution is 7.99. The lowest BCUT2D eigenvalue weighted by Crippen LogP contribution is -2.54. The van der Waals surface area contributed by atoms with Crippen molar-refractivity contribution < 1.29 is 0 Å². The van der Waals surface area contributed by atoms with Gasteiger partial charge in [0.05, 0.1) is 0 Å². The van der Waals surface area contributed by atoms with Crippen LogP contribution in [0.5, 0.6) is 0 Å². The Labute approximate surface area is 105 Å². The molecule has 3 heteroatoms. The fourth-order valence-electron chi connectivity index (χ4n) is 2.91. The lowest BCUT2D eigenvalue weighted by molar-refractivity contribution is 0.0490. The summed E-state index contributed by atoms with van der Waals surface area (Å²) >= 11 is 2.00. The Hall–Kier alpha value is 0.270. The van der Waals surface area contributed by atoms with Gasteiger partial charge in [-0.05, 0) is 38.6 Å². The molecule has 2 nitrogen and oxygen atoms in total. The van der Waals surface area contributed by atoms with Crippen LogP contribution in [0.2, 0.25) is 0 Å². The molecule has 0 saturated carbocycles. The molecule has 2 aliphatic rings. The number of nitrogens with zero attached hydrogens (tertiary/aromatic N) is 2.